The highest BCUT2D eigenvalue weighted by Gasteiger charge is 2.30. The zero-order chi connectivity index (χ0) is 14.0. The average molecular weight is 265 g/mol. The van der Waals surface area contributed by atoms with Crippen molar-refractivity contribution in [1.29, 1.82) is 0 Å². The topological polar surface area (TPSA) is 81.0 Å². The van der Waals surface area contributed by atoms with Gasteiger partial charge < -0.3 is 15.3 Å². The molecule has 1 aliphatic rings. The van der Waals surface area contributed by atoms with Crippen molar-refractivity contribution in [3.8, 4) is 11.5 Å². The minimum Gasteiger partial charge on any atom is -0.507 e. The van der Waals surface area contributed by atoms with E-state index in [1.54, 1.807) is 17.9 Å². The number of hydrogen-bond donors (Lipinski definition) is 3. The predicted molar refractivity (Wildman–Crippen MR) is 70.1 cm³/mol. The molecule has 1 aromatic rings. The fraction of sp³-hybridized carbons (Fsp3) is 0.500. The third-order valence-corrected chi connectivity index (χ3v) is 3.55. The van der Waals surface area contributed by atoms with Gasteiger partial charge in [-0.05, 0) is 37.8 Å². The molecule has 1 aliphatic carbocycles. The number of aliphatic carboxylic acids is 1. The lowest BCUT2D eigenvalue weighted by molar-refractivity contribution is -0.139. The third kappa shape index (κ3) is 3.38. The Hall–Kier alpha value is -1.75. The van der Waals surface area contributed by atoms with Gasteiger partial charge in [-0.25, -0.2) is 0 Å². The van der Waals surface area contributed by atoms with Crippen molar-refractivity contribution in [1.82, 2.24) is 4.90 Å². The Bertz CT molecular complexity index is 450. The van der Waals surface area contributed by atoms with E-state index in [1.165, 1.54) is 12.1 Å². The van der Waals surface area contributed by atoms with Gasteiger partial charge in [0.05, 0.1) is 12.1 Å². The van der Waals surface area contributed by atoms with Crippen molar-refractivity contribution in [2.75, 3.05) is 13.1 Å². The van der Waals surface area contributed by atoms with Gasteiger partial charge in [0, 0.05) is 12.6 Å². The second-order valence-electron chi connectivity index (χ2n) is 5.15. The number of hydrogen-bond acceptors (Lipinski definition) is 4. The largest absolute Gasteiger partial charge is 0.507 e. The molecule has 0 aromatic heterocycles. The number of phenols is 2. The molecule has 1 saturated carbocycles. The number of phenolic OH excluding ortho intramolecular Hbond substituents is 2. The lowest BCUT2D eigenvalue weighted by atomic mass is 10.0. The zero-order valence-electron chi connectivity index (χ0n) is 10.9. The van der Waals surface area contributed by atoms with Gasteiger partial charge in [-0.2, -0.15) is 0 Å². The summed E-state index contributed by atoms with van der Waals surface area (Å²) >= 11 is 0. The van der Waals surface area contributed by atoms with E-state index in [-0.39, 0.29) is 24.1 Å². The summed E-state index contributed by atoms with van der Waals surface area (Å²) in [6, 6.07) is 4.23. The molecular formula is C14H19NO4. The summed E-state index contributed by atoms with van der Waals surface area (Å²) in [5.74, 6) is -0.366. The van der Waals surface area contributed by atoms with Crippen molar-refractivity contribution in [2.45, 2.75) is 25.8 Å². The maximum atomic E-state index is 11.0. The number of rotatable bonds is 6. The van der Waals surface area contributed by atoms with Gasteiger partial charge >= 0.3 is 5.97 Å². The SMILES string of the molecule is CC(c1c(O)cccc1O)N(CC(=O)O)CC1CC1. The normalized spacial score (nSPS) is 16.5. The molecule has 0 saturated heterocycles. The molecule has 1 atom stereocenters. The number of benzene rings is 1. The van der Waals surface area contributed by atoms with E-state index < -0.39 is 5.97 Å². The Balaban J connectivity index is 2.21. The molecule has 2 rings (SSSR count). The van der Waals surface area contributed by atoms with E-state index in [4.69, 9.17) is 5.11 Å². The molecule has 0 aliphatic heterocycles. The Kier molecular flexibility index (Phi) is 3.95. The highest BCUT2D eigenvalue weighted by molar-refractivity contribution is 5.69. The van der Waals surface area contributed by atoms with Gasteiger partial charge in [0.25, 0.3) is 0 Å². The van der Waals surface area contributed by atoms with Crippen LogP contribution in [0, 0.1) is 5.92 Å². The summed E-state index contributed by atoms with van der Waals surface area (Å²) in [5, 5.41) is 28.7. The van der Waals surface area contributed by atoms with Crippen LogP contribution in [0.5, 0.6) is 11.5 Å². The van der Waals surface area contributed by atoms with Gasteiger partial charge in [-0.15, -0.1) is 0 Å². The average Bonchev–Trinajstić information content (AvgIpc) is 3.11. The van der Waals surface area contributed by atoms with E-state index in [9.17, 15) is 15.0 Å². The number of carbonyl (C=O) groups is 1. The Morgan fingerprint density at radius 3 is 2.42 bits per heavy atom. The molecule has 3 N–H and O–H groups in total. The summed E-state index contributed by atoms with van der Waals surface area (Å²) in [7, 11) is 0. The minimum absolute atomic E-state index is 0.00122. The van der Waals surface area contributed by atoms with E-state index >= 15 is 0 Å². The maximum Gasteiger partial charge on any atom is 0.317 e. The van der Waals surface area contributed by atoms with Crippen LogP contribution in [0.4, 0.5) is 0 Å². The second-order valence-corrected chi connectivity index (χ2v) is 5.15. The van der Waals surface area contributed by atoms with Gasteiger partial charge in [-0.3, -0.25) is 9.69 Å². The summed E-state index contributed by atoms with van der Waals surface area (Å²) < 4.78 is 0. The predicted octanol–water partition coefficient (Wildman–Crippen LogP) is 1.96. The highest BCUT2D eigenvalue weighted by Crippen LogP contribution is 2.38. The van der Waals surface area contributed by atoms with Gasteiger partial charge in [-0.1, -0.05) is 6.07 Å². The molecule has 5 heteroatoms. The van der Waals surface area contributed by atoms with Crippen LogP contribution in [0.25, 0.3) is 0 Å². The molecule has 0 heterocycles. The summed E-state index contributed by atoms with van der Waals surface area (Å²) in [6.07, 6.45) is 2.24. The molecule has 0 amide bonds. The van der Waals surface area contributed by atoms with Crippen LogP contribution < -0.4 is 0 Å². The van der Waals surface area contributed by atoms with E-state index in [0.29, 0.717) is 18.0 Å². The lowest BCUT2D eigenvalue weighted by Gasteiger charge is -2.28. The standard InChI is InChI=1S/C14H19NO4/c1-9(14-11(16)3-2-4-12(14)17)15(8-13(18)19)7-10-5-6-10/h2-4,9-10,16-17H,5-8H2,1H3,(H,18,19). The van der Waals surface area contributed by atoms with Gasteiger partial charge in [0.2, 0.25) is 0 Å². The number of aromatic hydroxyl groups is 2. The molecule has 104 valence electrons. The van der Waals surface area contributed by atoms with Crippen molar-refractivity contribution in [2.24, 2.45) is 5.92 Å². The van der Waals surface area contributed by atoms with Crippen molar-refractivity contribution in [3.05, 3.63) is 23.8 Å². The van der Waals surface area contributed by atoms with Gasteiger partial charge in [0.1, 0.15) is 11.5 Å². The highest BCUT2D eigenvalue weighted by atomic mass is 16.4. The van der Waals surface area contributed by atoms with Crippen LogP contribution in [-0.2, 0) is 4.79 Å². The van der Waals surface area contributed by atoms with E-state index in [0.717, 1.165) is 12.8 Å². The Morgan fingerprint density at radius 2 is 1.95 bits per heavy atom. The Labute approximate surface area is 112 Å². The molecule has 5 nitrogen and oxygen atoms in total. The first-order valence-corrected chi connectivity index (χ1v) is 6.45. The van der Waals surface area contributed by atoms with Gasteiger partial charge in [0.15, 0.2) is 0 Å². The fourth-order valence-corrected chi connectivity index (χ4v) is 2.32. The van der Waals surface area contributed by atoms with Crippen molar-refractivity contribution in [3.63, 3.8) is 0 Å². The van der Waals surface area contributed by atoms with Crippen LogP contribution >= 0.6 is 0 Å². The van der Waals surface area contributed by atoms with Crippen molar-refractivity contribution < 1.29 is 20.1 Å². The zero-order valence-corrected chi connectivity index (χ0v) is 10.9. The van der Waals surface area contributed by atoms with Crippen LogP contribution in [0.1, 0.15) is 31.4 Å². The summed E-state index contributed by atoms with van der Waals surface area (Å²) in [4.78, 5) is 12.7. The molecule has 1 unspecified atom stereocenters. The van der Waals surface area contributed by atoms with Crippen molar-refractivity contribution >= 4 is 5.97 Å². The smallest absolute Gasteiger partial charge is 0.317 e. The van der Waals surface area contributed by atoms with Crippen LogP contribution in [0.3, 0.4) is 0 Å². The van der Waals surface area contributed by atoms with E-state index in [1.807, 2.05) is 0 Å². The first-order chi connectivity index (χ1) is 8.99. The quantitative estimate of drug-likeness (QED) is 0.732. The van der Waals surface area contributed by atoms with Crippen LogP contribution in [0.15, 0.2) is 18.2 Å². The number of carboxylic acid groups (broad SMARTS) is 1. The fourth-order valence-electron chi connectivity index (χ4n) is 2.32. The second kappa shape index (κ2) is 5.48. The third-order valence-electron chi connectivity index (χ3n) is 3.55. The maximum absolute atomic E-state index is 11.0. The van der Waals surface area contributed by atoms with E-state index in [2.05, 4.69) is 0 Å². The molecule has 1 aromatic carbocycles. The minimum atomic E-state index is -0.901. The first-order valence-electron chi connectivity index (χ1n) is 6.45. The number of nitrogens with zero attached hydrogens (tertiary/aromatic N) is 1. The molecule has 0 bridgehead atoms. The van der Waals surface area contributed by atoms with Crippen LogP contribution in [-0.4, -0.2) is 39.3 Å². The molecular weight excluding hydrogens is 246 g/mol. The summed E-state index contributed by atoms with van der Waals surface area (Å²) in [6.45, 7) is 2.40. The number of carboxylic acids is 1. The molecule has 19 heavy (non-hydrogen) atoms. The lowest BCUT2D eigenvalue weighted by Crippen LogP contribution is -2.34. The van der Waals surface area contributed by atoms with Crippen LogP contribution in [0.2, 0.25) is 0 Å². The monoisotopic (exact) mass is 265 g/mol. The Morgan fingerprint density at radius 1 is 1.37 bits per heavy atom. The molecule has 0 spiro atoms. The molecule has 0 radical (unpaired) electrons. The first kappa shape index (κ1) is 13.7. The summed E-state index contributed by atoms with van der Waals surface area (Å²) in [5.41, 5.74) is 0.393. The molecule has 1 fully saturated rings.